The molecule has 1 atom stereocenters. The molecule has 0 spiro atoms. The van der Waals surface area contributed by atoms with Gasteiger partial charge in [0.1, 0.15) is 11.8 Å². The number of hydrogen-bond donors (Lipinski definition) is 2. The molecule has 0 aliphatic carbocycles. The van der Waals surface area contributed by atoms with Crippen LogP contribution in [-0.4, -0.2) is 44.2 Å². The molecular weight excluding hydrogens is 394 g/mol. The van der Waals surface area contributed by atoms with E-state index in [0.29, 0.717) is 35.4 Å². The van der Waals surface area contributed by atoms with Crippen LogP contribution in [0.2, 0.25) is 0 Å². The average molecular weight is 417 g/mol. The normalized spacial score (nSPS) is 17.1. The van der Waals surface area contributed by atoms with E-state index < -0.39 is 27.9 Å². The third-order valence-electron chi connectivity index (χ3n) is 4.93. The highest BCUT2D eigenvalue weighted by atomic mass is 32.2. The molecule has 8 nitrogen and oxygen atoms in total. The number of benzene rings is 2. The zero-order valence-electron chi connectivity index (χ0n) is 16.2. The number of amides is 2. The minimum absolute atomic E-state index is 0.127. The van der Waals surface area contributed by atoms with Gasteiger partial charge in [-0.2, -0.15) is 4.31 Å². The van der Waals surface area contributed by atoms with Gasteiger partial charge in [-0.1, -0.05) is 6.07 Å². The number of carbonyl (C=O) groups excluding carboxylic acids is 2. The average Bonchev–Trinajstić information content (AvgIpc) is 3.19. The maximum absolute atomic E-state index is 13.2. The van der Waals surface area contributed by atoms with Crippen molar-refractivity contribution in [2.24, 2.45) is 5.73 Å². The van der Waals surface area contributed by atoms with Crippen molar-refractivity contribution in [3.63, 3.8) is 0 Å². The fourth-order valence-corrected chi connectivity index (χ4v) is 5.24. The van der Waals surface area contributed by atoms with Crippen molar-refractivity contribution >= 4 is 27.5 Å². The van der Waals surface area contributed by atoms with Crippen molar-refractivity contribution in [1.82, 2.24) is 4.31 Å². The summed E-state index contributed by atoms with van der Waals surface area (Å²) in [7, 11) is -2.41. The highest BCUT2D eigenvalue weighted by Gasteiger charge is 2.40. The predicted octanol–water partition coefficient (Wildman–Crippen LogP) is 1.89. The molecule has 3 rings (SSSR count). The maximum Gasteiger partial charge on any atom is 0.248 e. The smallest absolute Gasteiger partial charge is 0.248 e. The summed E-state index contributed by atoms with van der Waals surface area (Å²) in [5.41, 5.74) is 6.57. The number of nitrogens with two attached hydrogens (primary N) is 1. The summed E-state index contributed by atoms with van der Waals surface area (Å²) in [6.45, 7) is 1.97. The number of rotatable bonds is 6. The molecule has 0 aromatic heterocycles. The number of nitrogens with one attached hydrogen (secondary N) is 1. The quantitative estimate of drug-likeness (QED) is 0.744. The number of methoxy groups -OCH3 is 1. The summed E-state index contributed by atoms with van der Waals surface area (Å²) in [6, 6.07) is 10.1. The number of anilines is 1. The van der Waals surface area contributed by atoms with Crippen molar-refractivity contribution in [1.29, 1.82) is 0 Å². The second kappa shape index (κ2) is 8.22. The molecule has 9 heteroatoms. The van der Waals surface area contributed by atoms with E-state index in [9.17, 15) is 18.0 Å². The lowest BCUT2D eigenvalue weighted by molar-refractivity contribution is -0.119. The van der Waals surface area contributed by atoms with Gasteiger partial charge in [0.2, 0.25) is 21.8 Å². The van der Waals surface area contributed by atoms with Gasteiger partial charge in [0.05, 0.1) is 12.0 Å². The van der Waals surface area contributed by atoms with Gasteiger partial charge in [-0.15, -0.1) is 0 Å². The second-order valence-corrected chi connectivity index (χ2v) is 8.70. The molecule has 1 heterocycles. The molecule has 154 valence electrons. The SMILES string of the molecule is COc1ccc(C)c(S(=O)(=O)N2CCC[C@@H]2C(=O)Nc2ccc(C(N)=O)cc2)c1. The topological polar surface area (TPSA) is 119 Å². The van der Waals surface area contributed by atoms with E-state index in [4.69, 9.17) is 10.5 Å². The Morgan fingerprint density at radius 2 is 1.86 bits per heavy atom. The summed E-state index contributed by atoms with van der Waals surface area (Å²) in [5, 5.41) is 2.72. The molecule has 1 fully saturated rings. The Hall–Kier alpha value is -2.91. The number of carbonyl (C=O) groups is 2. The van der Waals surface area contributed by atoms with E-state index in [1.165, 1.54) is 29.6 Å². The summed E-state index contributed by atoms with van der Waals surface area (Å²) in [4.78, 5) is 24.1. The van der Waals surface area contributed by atoms with E-state index >= 15 is 0 Å². The van der Waals surface area contributed by atoms with Crippen LogP contribution in [0.25, 0.3) is 0 Å². The largest absolute Gasteiger partial charge is 0.497 e. The van der Waals surface area contributed by atoms with Crippen molar-refractivity contribution in [3.05, 3.63) is 53.6 Å². The van der Waals surface area contributed by atoms with Crippen LogP contribution in [0.15, 0.2) is 47.4 Å². The molecule has 2 amide bonds. The van der Waals surface area contributed by atoms with Crippen LogP contribution in [0.4, 0.5) is 5.69 Å². The summed E-state index contributed by atoms with van der Waals surface area (Å²) >= 11 is 0. The first kappa shape index (κ1) is 20.8. The number of aryl methyl sites for hydroxylation is 1. The number of hydrogen-bond acceptors (Lipinski definition) is 5. The molecule has 1 aliphatic heterocycles. The van der Waals surface area contributed by atoms with Crippen molar-refractivity contribution in [3.8, 4) is 5.75 Å². The monoisotopic (exact) mass is 417 g/mol. The number of primary amides is 1. The summed E-state index contributed by atoms with van der Waals surface area (Å²) in [5.74, 6) is -0.549. The Labute approximate surface area is 169 Å². The molecule has 2 aromatic carbocycles. The lowest BCUT2D eigenvalue weighted by atomic mass is 10.2. The van der Waals surface area contributed by atoms with Crippen LogP contribution in [0.1, 0.15) is 28.8 Å². The van der Waals surface area contributed by atoms with Gasteiger partial charge in [0.25, 0.3) is 0 Å². The zero-order chi connectivity index (χ0) is 21.2. The van der Waals surface area contributed by atoms with Gasteiger partial charge in [0.15, 0.2) is 0 Å². The summed E-state index contributed by atoms with van der Waals surface area (Å²) < 4.78 is 32.9. The van der Waals surface area contributed by atoms with Crippen molar-refractivity contribution in [2.45, 2.75) is 30.7 Å². The predicted molar refractivity (Wildman–Crippen MR) is 108 cm³/mol. The van der Waals surface area contributed by atoms with E-state index in [1.54, 1.807) is 31.2 Å². The lowest BCUT2D eigenvalue weighted by Gasteiger charge is -2.24. The summed E-state index contributed by atoms with van der Waals surface area (Å²) in [6.07, 6.45) is 1.01. The third-order valence-corrected chi connectivity index (χ3v) is 6.98. The van der Waals surface area contributed by atoms with Gasteiger partial charge in [0, 0.05) is 23.9 Å². The Morgan fingerprint density at radius 3 is 2.48 bits per heavy atom. The molecule has 0 saturated carbocycles. The van der Waals surface area contributed by atoms with Gasteiger partial charge < -0.3 is 15.8 Å². The number of nitrogens with zero attached hydrogens (tertiary/aromatic N) is 1. The van der Waals surface area contributed by atoms with Crippen LogP contribution >= 0.6 is 0 Å². The molecule has 1 saturated heterocycles. The van der Waals surface area contributed by atoms with Crippen LogP contribution in [-0.2, 0) is 14.8 Å². The first-order chi connectivity index (χ1) is 13.7. The van der Waals surface area contributed by atoms with Crippen LogP contribution in [0.3, 0.4) is 0 Å². The molecule has 3 N–H and O–H groups in total. The maximum atomic E-state index is 13.2. The van der Waals surface area contributed by atoms with Crippen LogP contribution < -0.4 is 15.8 Å². The van der Waals surface area contributed by atoms with Crippen molar-refractivity contribution in [2.75, 3.05) is 19.0 Å². The molecule has 1 aliphatic rings. The van der Waals surface area contributed by atoms with E-state index in [0.717, 1.165) is 0 Å². The molecule has 0 bridgehead atoms. The first-order valence-corrected chi connectivity index (χ1v) is 10.6. The van der Waals surface area contributed by atoms with E-state index in [-0.39, 0.29) is 11.4 Å². The number of sulfonamides is 1. The highest BCUT2D eigenvalue weighted by molar-refractivity contribution is 7.89. The zero-order valence-corrected chi connectivity index (χ0v) is 17.0. The fraction of sp³-hybridized carbons (Fsp3) is 0.300. The Morgan fingerprint density at radius 1 is 1.17 bits per heavy atom. The van der Waals surface area contributed by atoms with Gasteiger partial charge in [-0.05, 0) is 55.7 Å². The Balaban J connectivity index is 1.83. The van der Waals surface area contributed by atoms with Gasteiger partial charge in [-0.25, -0.2) is 8.42 Å². The Bertz CT molecular complexity index is 1030. The van der Waals surface area contributed by atoms with Gasteiger partial charge >= 0.3 is 0 Å². The minimum atomic E-state index is -3.88. The lowest BCUT2D eigenvalue weighted by Crippen LogP contribution is -2.43. The fourth-order valence-electron chi connectivity index (χ4n) is 3.34. The Kier molecular flexibility index (Phi) is 5.90. The standard InChI is InChI=1S/C20H23N3O5S/c1-13-5-10-16(28-2)12-18(13)29(26,27)23-11-3-4-17(23)20(25)22-15-8-6-14(7-9-15)19(21)24/h5-10,12,17H,3-4,11H2,1-2H3,(H2,21,24)(H,22,25)/t17-/m1/s1. The first-order valence-electron chi connectivity index (χ1n) is 9.11. The molecule has 0 unspecified atom stereocenters. The highest BCUT2D eigenvalue weighted by Crippen LogP contribution is 2.30. The molecule has 2 aromatic rings. The van der Waals surface area contributed by atoms with E-state index in [1.807, 2.05) is 0 Å². The molecular formula is C20H23N3O5S. The molecule has 0 radical (unpaired) electrons. The second-order valence-electron chi connectivity index (χ2n) is 6.84. The minimum Gasteiger partial charge on any atom is -0.497 e. The number of ether oxygens (including phenoxy) is 1. The van der Waals surface area contributed by atoms with E-state index in [2.05, 4.69) is 5.32 Å². The van der Waals surface area contributed by atoms with Crippen LogP contribution in [0.5, 0.6) is 5.75 Å². The molecule has 29 heavy (non-hydrogen) atoms. The van der Waals surface area contributed by atoms with Crippen molar-refractivity contribution < 1.29 is 22.7 Å². The van der Waals surface area contributed by atoms with Crippen LogP contribution in [0, 0.1) is 6.92 Å². The third kappa shape index (κ3) is 4.25. The van der Waals surface area contributed by atoms with Gasteiger partial charge in [-0.3, -0.25) is 9.59 Å².